The van der Waals surface area contributed by atoms with Gasteiger partial charge in [-0.3, -0.25) is 4.90 Å². The highest BCUT2D eigenvalue weighted by molar-refractivity contribution is 8.00. The number of thioether (sulfide) groups is 1. The molecule has 1 heterocycles. The van der Waals surface area contributed by atoms with Gasteiger partial charge in [-0.05, 0) is 23.8 Å². The Labute approximate surface area is 195 Å². The molecule has 33 heavy (non-hydrogen) atoms. The number of amides is 1. The highest BCUT2D eigenvalue weighted by atomic mass is 32.2. The van der Waals surface area contributed by atoms with E-state index in [2.05, 4.69) is 37.8 Å². The van der Waals surface area contributed by atoms with Crippen molar-refractivity contribution < 1.29 is 27.1 Å². The van der Waals surface area contributed by atoms with E-state index < -0.39 is 35.8 Å². The van der Waals surface area contributed by atoms with Gasteiger partial charge in [-0.2, -0.15) is 13.2 Å². The molecule has 0 radical (unpaired) electrons. The minimum atomic E-state index is -4.73. The molecule has 1 amide bonds. The van der Waals surface area contributed by atoms with Crippen LogP contribution in [0.4, 0.5) is 22.4 Å². The molecule has 0 aromatic heterocycles. The normalized spacial score (nSPS) is 15.5. The number of hydrogen-bond donors (Lipinski definition) is 0. The maximum Gasteiger partial charge on any atom is 0.416 e. The fourth-order valence-corrected chi connectivity index (χ4v) is 4.66. The first kappa shape index (κ1) is 25.4. The van der Waals surface area contributed by atoms with Crippen LogP contribution in [0.5, 0.6) is 0 Å². The van der Waals surface area contributed by atoms with E-state index >= 15 is 0 Å². The van der Waals surface area contributed by atoms with E-state index in [1.54, 1.807) is 0 Å². The first-order chi connectivity index (χ1) is 15.4. The Kier molecular flexibility index (Phi) is 7.95. The van der Waals surface area contributed by atoms with Crippen molar-refractivity contribution in [2.45, 2.75) is 49.7 Å². The average Bonchev–Trinajstić information content (AvgIpc) is 2.73. The number of carbonyl (C=O) groups excluding carboxylic acids is 1. The SMILES string of the molecule is CC(C)(C)Sc1ccccc1CN1CCN(C(=O)OCc2c(F)cccc2C(F)(F)F)CC1. The lowest BCUT2D eigenvalue weighted by molar-refractivity contribution is -0.139. The van der Waals surface area contributed by atoms with Crippen LogP contribution in [0.3, 0.4) is 0 Å². The van der Waals surface area contributed by atoms with Gasteiger partial charge in [0, 0.05) is 47.9 Å². The van der Waals surface area contributed by atoms with E-state index in [4.69, 9.17) is 4.74 Å². The van der Waals surface area contributed by atoms with Crippen LogP contribution in [0.15, 0.2) is 47.4 Å². The fourth-order valence-electron chi connectivity index (χ4n) is 3.59. The summed E-state index contributed by atoms with van der Waals surface area (Å²) >= 11 is 1.81. The van der Waals surface area contributed by atoms with Crippen molar-refractivity contribution in [1.82, 2.24) is 9.80 Å². The molecule has 0 bridgehead atoms. The molecule has 2 aromatic carbocycles. The molecular formula is C24H28F4N2O2S. The molecule has 4 nitrogen and oxygen atoms in total. The maximum atomic E-state index is 14.0. The van der Waals surface area contributed by atoms with Crippen LogP contribution >= 0.6 is 11.8 Å². The molecule has 0 aliphatic carbocycles. The van der Waals surface area contributed by atoms with Crippen LogP contribution in [-0.4, -0.2) is 46.8 Å². The zero-order valence-corrected chi connectivity index (χ0v) is 19.7. The van der Waals surface area contributed by atoms with Gasteiger partial charge < -0.3 is 9.64 Å². The van der Waals surface area contributed by atoms with Crippen LogP contribution in [0.1, 0.15) is 37.5 Å². The van der Waals surface area contributed by atoms with Crippen molar-refractivity contribution in [3.05, 3.63) is 65.0 Å². The average molecular weight is 485 g/mol. The van der Waals surface area contributed by atoms with E-state index in [1.165, 1.54) is 15.4 Å². The van der Waals surface area contributed by atoms with Crippen molar-refractivity contribution >= 4 is 17.9 Å². The first-order valence-electron chi connectivity index (χ1n) is 10.7. The lowest BCUT2D eigenvalue weighted by Gasteiger charge is -2.34. The summed E-state index contributed by atoms with van der Waals surface area (Å²) in [4.78, 5) is 17.3. The van der Waals surface area contributed by atoms with Gasteiger partial charge >= 0.3 is 12.3 Å². The highest BCUT2D eigenvalue weighted by Crippen LogP contribution is 2.35. The quantitative estimate of drug-likeness (QED) is 0.374. The fraction of sp³-hybridized carbons (Fsp3) is 0.458. The van der Waals surface area contributed by atoms with E-state index in [0.717, 1.165) is 24.7 Å². The standard InChI is InChI=1S/C24H28F4N2O2S/c1-23(2,3)33-21-10-5-4-7-17(21)15-29-11-13-30(14-12-29)22(31)32-16-18-19(24(26,27)28)8-6-9-20(18)25/h4-10H,11-16H2,1-3H3. The van der Waals surface area contributed by atoms with Crippen molar-refractivity contribution in [1.29, 1.82) is 0 Å². The number of alkyl halides is 3. The zero-order valence-electron chi connectivity index (χ0n) is 18.9. The van der Waals surface area contributed by atoms with Gasteiger partial charge in [-0.15, -0.1) is 11.8 Å². The van der Waals surface area contributed by atoms with Crippen LogP contribution < -0.4 is 0 Å². The third-order valence-corrected chi connectivity index (χ3v) is 6.41. The summed E-state index contributed by atoms with van der Waals surface area (Å²) in [6.07, 6.45) is -5.47. The van der Waals surface area contributed by atoms with Crippen LogP contribution in [-0.2, 0) is 24.1 Å². The zero-order chi connectivity index (χ0) is 24.2. The topological polar surface area (TPSA) is 32.8 Å². The molecule has 1 saturated heterocycles. The summed E-state index contributed by atoms with van der Waals surface area (Å²) in [6.45, 7) is 8.46. The Morgan fingerprint density at radius 1 is 1.00 bits per heavy atom. The van der Waals surface area contributed by atoms with Gasteiger partial charge in [-0.1, -0.05) is 45.0 Å². The molecule has 180 valence electrons. The molecule has 1 fully saturated rings. The first-order valence-corrected chi connectivity index (χ1v) is 11.5. The number of halogens is 4. The number of hydrogen-bond acceptors (Lipinski definition) is 4. The molecule has 0 saturated carbocycles. The summed E-state index contributed by atoms with van der Waals surface area (Å²) in [6, 6.07) is 10.9. The van der Waals surface area contributed by atoms with Gasteiger partial charge in [0.15, 0.2) is 0 Å². The number of carbonyl (C=O) groups is 1. The predicted molar refractivity (Wildman–Crippen MR) is 120 cm³/mol. The molecule has 0 unspecified atom stereocenters. The third kappa shape index (κ3) is 7.11. The molecule has 0 spiro atoms. The van der Waals surface area contributed by atoms with Gasteiger partial charge in [0.1, 0.15) is 12.4 Å². The summed E-state index contributed by atoms with van der Waals surface area (Å²) < 4.78 is 58.4. The van der Waals surface area contributed by atoms with Crippen molar-refractivity contribution in [3.63, 3.8) is 0 Å². The Morgan fingerprint density at radius 2 is 1.67 bits per heavy atom. The third-order valence-electron chi connectivity index (χ3n) is 5.18. The minimum Gasteiger partial charge on any atom is -0.444 e. The molecular weight excluding hydrogens is 456 g/mol. The Bertz CT molecular complexity index is 968. The van der Waals surface area contributed by atoms with E-state index in [0.29, 0.717) is 26.2 Å². The van der Waals surface area contributed by atoms with Crippen molar-refractivity contribution in [2.24, 2.45) is 0 Å². The number of nitrogens with zero attached hydrogens (tertiary/aromatic N) is 2. The second-order valence-corrected chi connectivity index (χ2v) is 10.8. The summed E-state index contributed by atoms with van der Waals surface area (Å²) in [5.74, 6) is -1.05. The lowest BCUT2D eigenvalue weighted by Crippen LogP contribution is -2.48. The van der Waals surface area contributed by atoms with E-state index in [9.17, 15) is 22.4 Å². The van der Waals surface area contributed by atoms with Gasteiger partial charge in [0.05, 0.1) is 5.56 Å². The molecule has 1 aliphatic heterocycles. The number of ether oxygens (including phenoxy) is 1. The lowest BCUT2D eigenvalue weighted by atomic mass is 10.1. The van der Waals surface area contributed by atoms with Crippen LogP contribution in [0.2, 0.25) is 0 Å². The minimum absolute atomic E-state index is 0.0861. The predicted octanol–water partition coefficient (Wildman–Crippen LogP) is 6.19. The Morgan fingerprint density at radius 3 is 2.30 bits per heavy atom. The highest BCUT2D eigenvalue weighted by Gasteiger charge is 2.35. The number of benzene rings is 2. The molecule has 9 heteroatoms. The van der Waals surface area contributed by atoms with Crippen LogP contribution in [0.25, 0.3) is 0 Å². The van der Waals surface area contributed by atoms with Gasteiger partial charge in [-0.25, -0.2) is 9.18 Å². The number of rotatable bonds is 5. The molecule has 0 atom stereocenters. The van der Waals surface area contributed by atoms with Crippen LogP contribution in [0, 0.1) is 5.82 Å². The summed E-state index contributed by atoms with van der Waals surface area (Å²) in [5, 5.41) is 0. The number of piperazine rings is 1. The summed E-state index contributed by atoms with van der Waals surface area (Å²) in [7, 11) is 0. The van der Waals surface area contributed by atoms with Gasteiger partial charge in [0.25, 0.3) is 0 Å². The second-order valence-electron chi connectivity index (χ2n) is 8.90. The van der Waals surface area contributed by atoms with Crippen molar-refractivity contribution in [3.8, 4) is 0 Å². The molecule has 2 aromatic rings. The monoisotopic (exact) mass is 484 g/mol. The Hall–Kier alpha value is -2.26. The van der Waals surface area contributed by atoms with Gasteiger partial charge in [0.2, 0.25) is 0 Å². The van der Waals surface area contributed by atoms with E-state index in [1.807, 2.05) is 23.9 Å². The summed E-state index contributed by atoms with van der Waals surface area (Å²) in [5.41, 5.74) is -0.579. The second kappa shape index (κ2) is 10.3. The molecule has 1 aliphatic rings. The smallest absolute Gasteiger partial charge is 0.416 e. The molecule has 3 rings (SSSR count). The van der Waals surface area contributed by atoms with Crippen molar-refractivity contribution in [2.75, 3.05) is 26.2 Å². The Balaban J connectivity index is 1.55. The largest absolute Gasteiger partial charge is 0.444 e. The molecule has 0 N–H and O–H groups in total. The van der Waals surface area contributed by atoms with E-state index in [-0.39, 0.29) is 4.75 Å². The maximum absolute atomic E-state index is 14.0.